The van der Waals surface area contributed by atoms with E-state index < -0.39 is 344 Å². The van der Waals surface area contributed by atoms with Crippen LogP contribution in [0.15, 0.2) is 0 Å². The van der Waals surface area contributed by atoms with Crippen molar-refractivity contribution in [3.8, 4) is 100 Å². The molecule has 0 spiro atoms. The molecule has 534 valence electrons. The highest BCUT2D eigenvalue weighted by Crippen LogP contribution is 2.55. The zero-order valence-corrected chi connectivity index (χ0v) is 47.1. The lowest BCUT2D eigenvalue weighted by atomic mass is 9.84. The minimum absolute atomic E-state index is 0.219. The summed E-state index contributed by atoms with van der Waals surface area (Å²) in [5.74, 6) is -144. The molecular weight excluding hydrogens is 1500 g/mol. The summed E-state index contributed by atoms with van der Waals surface area (Å²) in [5.41, 5.74) is -66.2. The van der Waals surface area contributed by atoms with Crippen LogP contribution in [0, 0.1) is 247 Å². The summed E-state index contributed by atoms with van der Waals surface area (Å²) < 4.78 is 635. The van der Waals surface area contributed by atoms with Gasteiger partial charge in [-0.25, -0.2) is 176 Å². The standard InChI is InChI=1S/C62H6F40/c1-3-5(6-33(73)24(64)4(2)25(65)34(6)74)32(72)35(75)7(23(3)63)8-26(66)9(28(68)11(27(8)67)14-36(76)42(82)17(43(83)37(14)77)20-48(88)54(94)60(100)55(95)49(20)89)10-29(69)12(15-38(78)44(84)18(45(85)39(15)79)21-50(90)56(96)61(101)57(97)51(21)91)31(71)13(30(10)70)16-40(80)46(86)19(47(87)41(16)81)22-52(92)58(98)62(102)59(99)53(22)93/h1-2H3. The van der Waals surface area contributed by atoms with Gasteiger partial charge >= 0.3 is 0 Å². The van der Waals surface area contributed by atoms with E-state index in [9.17, 15) is 48.3 Å². The number of rotatable bonds is 9. The van der Waals surface area contributed by atoms with E-state index in [0.717, 1.165) is 0 Å². The predicted octanol–water partition coefficient (Wildman–Crippen LogP) is 22.9. The average molecular weight is 1510 g/mol. The molecule has 10 aromatic rings. The first-order valence-corrected chi connectivity index (χ1v) is 25.8. The van der Waals surface area contributed by atoms with Gasteiger partial charge in [-0.3, -0.25) is 0 Å². The molecule has 0 saturated carbocycles. The first-order valence-electron chi connectivity index (χ1n) is 25.8. The molecule has 0 unspecified atom stereocenters. The van der Waals surface area contributed by atoms with Crippen LogP contribution in [0.2, 0.25) is 0 Å². The minimum atomic E-state index is -4.22. The van der Waals surface area contributed by atoms with Gasteiger partial charge in [-0.15, -0.1) is 0 Å². The Morgan fingerprint density at radius 2 is 0.167 bits per heavy atom. The molecule has 0 amide bonds. The molecule has 40 heteroatoms. The van der Waals surface area contributed by atoms with Crippen LogP contribution in [0.1, 0.15) is 11.1 Å². The van der Waals surface area contributed by atoms with Gasteiger partial charge in [-0.05, 0) is 19.4 Å². The second-order valence-corrected chi connectivity index (χ2v) is 20.6. The van der Waals surface area contributed by atoms with Crippen molar-refractivity contribution >= 4 is 0 Å². The Balaban J connectivity index is 1.47. The zero-order valence-electron chi connectivity index (χ0n) is 47.1. The normalized spacial score (nSPS) is 11.8. The van der Waals surface area contributed by atoms with Crippen LogP contribution in [0.3, 0.4) is 0 Å². The SMILES string of the molecule is Cc1c(F)c(F)c(-c2c(C)c(F)c(-c3c(F)c(-c4c(F)c(F)c(-c5c(F)c(F)c(F)c(F)c5F)c(F)c4F)c(F)c(-c4c(F)c(-c5c(F)c(F)c(-c6c(F)c(F)c(F)c(F)c6F)c(F)c5F)c(F)c(-c5c(F)c(F)c(-c6c(F)c(F)c(F)c(F)c6F)c(F)c5F)c4F)c3F)c(F)c2F)c(F)c1F. The van der Waals surface area contributed by atoms with Crippen molar-refractivity contribution in [3.63, 3.8) is 0 Å². The summed E-state index contributed by atoms with van der Waals surface area (Å²) in [4.78, 5) is 0. The van der Waals surface area contributed by atoms with Crippen LogP contribution in [0.25, 0.3) is 100 Å². The van der Waals surface area contributed by atoms with Crippen LogP contribution in [0.4, 0.5) is 176 Å². The third-order valence-corrected chi connectivity index (χ3v) is 15.3. The first-order chi connectivity index (χ1) is 47.2. The van der Waals surface area contributed by atoms with Crippen LogP contribution < -0.4 is 0 Å². The third kappa shape index (κ3) is 9.92. The molecule has 0 atom stereocenters. The first kappa shape index (κ1) is 74.1. The number of halogens is 40. The molecule has 102 heavy (non-hydrogen) atoms. The average Bonchev–Trinajstić information content (AvgIpc) is 0.707. The van der Waals surface area contributed by atoms with E-state index >= 15 is 127 Å². The molecule has 0 N–H and O–H groups in total. The maximum atomic E-state index is 18.0. The fourth-order valence-electron chi connectivity index (χ4n) is 10.6. The van der Waals surface area contributed by atoms with Gasteiger partial charge in [0.15, 0.2) is 175 Å². The molecule has 0 heterocycles. The summed E-state index contributed by atoms with van der Waals surface area (Å²) in [6.07, 6.45) is 0. The van der Waals surface area contributed by atoms with Gasteiger partial charge in [0, 0.05) is 11.1 Å². The lowest BCUT2D eigenvalue weighted by Crippen LogP contribution is -2.15. The van der Waals surface area contributed by atoms with E-state index in [2.05, 4.69) is 0 Å². The Labute approximate surface area is 532 Å². The Morgan fingerprint density at radius 3 is 0.324 bits per heavy atom. The zero-order chi connectivity index (χ0) is 76.6. The van der Waals surface area contributed by atoms with Gasteiger partial charge in [0.1, 0.15) is 40.7 Å². The fraction of sp³-hybridized carbons (Fsp3) is 0.0323. The monoisotopic (exact) mass is 1510 g/mol. The van der Waals surface area contributed by atoms with Crippen LogP contribution in [-0.2, 0) is 0 Å². The second-order valence-electron chi connectivity index (χ2n) is 20.6. The molecule has 0 radical (unpaired) electrons. The van der Waals surface area contributed by atoms with Crippen molar-refractivity contribution in [1.29, 1.82) is 0 Å². The number of benzene rings is 10. The smallest absolute Gasteiger partial charge is 0.200 e. The Morgan fingerprint density at radius 1 is 0.0784 bits per heavy atom. The Kier molecular flexibility index (Phi) is 18.3. The van der Waals surface area contributed by atoms with Crippen LogP contribution in [-0.4, -0.2) is 0 Å². The number of hydrogen-bond donors (Lipinski definition) is 0. The summed E-state index contributed by atoms with van der Waals surface area (Å²) >= 11 is 0. The van der Waals surface area contributed by atoms with E-state index in [1.165, 1.54) is 0 Å². The van der Waals surface area contributed by atoms with Gasteiger partial charge in [-0.2, -0.15) is 0 Å². The molecule has 10 aromatic carbocycles. The quantitative estimate of drug-likeness (QED) is 0.0768. The topological polar surface area (TPSA) is 0 Å². The van der Waals surface area contributed by atoms with Gasteiger partial charge in [-0.1, -0.05) is 0 Å². The molecule has 0 fully saturated rings. The van der Waals surface area contributed by atoms with Crippen molar-refractivity contribution < 1.29 is 176 Å². The van der Waals surface area contributed by atoms with Gasteiger partial charge < -0.3 is 0 Å². The van der Waals surface area contributed by atoms with Gasteiger partial charge in [0.05, 0.1) is 94.6 Å². The minimum Gasteiger partial charge on any atom is -0.206 e. The van der Waals surface area contributed by atoms with Crippen molar-refractivity contribution in [3.05, 3.63) is 244 Å². The molecule has 0 nitrogen and oxygen atoms in total. The summed E-state index contributed by atoms with van der Waals surface area (Å²) in [7, 11) is 0. The predicted molar refractivity (Wildman–Crippen MR) is 263 cm³/mol. The van der Waals surface area contributed by atoms with E-state index in [-0.39, 0.29) is 13.8 Å². The Hall–Kier alpha value is -10.6. The molecule has 0 saturated heterocycles. The third-order valence-electron chi connectivity index (χ3n) is 15.3. The van der Waals surface area contributed by atoms with Crippen molar-refractivity contribution in [2.24, 2.45) is 0 Å². The molecule has 10 rings (SSSR count). The van der Waals surface area contributed by atoms with E-state index in [0.29, 0.717) is 0 Å². The molecule has 0 aliphatic rings. The summed E-state index contributed by atoms with van der Waals surface area (Å²) in [6, 6.07) is 0. The van der Waals surface area contributed by atoms with Crippen LogP contribution in [0.5, 0.6) is 0 Å². The Bertz CT molecular complexity index is 4640. The largest absolute Gasteiger partial charge is 0.206 e. The van der Waals surface area contributed by atoms with Gasteiger partial charge in [0.25, 0.3) is 0 Å². The van der Waals surface area contributed by atoms with E-state index in [1.807, 2.05) is 0 Å². The molecular formula is C62H6F40. The molecule has 0 aromatic heterocycles. The maximum absolute atomic E-state index is 18.0. The second kappa shape index (κ2) is 25.2. The molecule has 0 aliphatic carbocycles. The number of hydrogen-bond acceptors (Lipinski definition) is 0. The van der Waals surface area contributed by atoms with E-state index in [1.54, 1.807) is 0 Å². The highest BCUT2D eigenvalue weighted by Gasteiger charge is 2.46. The summed E-state index contributed by atoms with van der Waals surface area (Å²) in [5, 5.41) is 0. The maximum Gasteiger partial charge on any atom is 0.200 e. The van der Waals surface area contributed by atoms with E-state index in [4.69, 9.17) is 0 Å². The van der Waals surface area contributed by atoms with Crippen LogP contribution >= 0.6 is 0 Å². The van der Waals surface area contributed by atoms with Crippen molar-refractivity contribution in [1.82, 2.24) is 0 Å². The lowest BCUT2D eigenvalue weighted by Gasteiger charge is -2.23. The van der Waals surface area contributed by atoms with Gasteiger partial charge in [0.2, 0.25) is 17.5 Å². The fourth-order valence-corrected chi connectivity index (χ4v) is 10.6. The van der Waals surface area contributed by atoms with Crippen molar-refractivity contribution in [2.45, 2.75) is 13.8 Å². The molecule has 0 bridgehead atoms. The van der Waals surface area contributed by atoms with Crippen molar-refractivity contribution in [2.75, 3.05) is 0 Å². The lowest BCUT2D eigenvalue weighted by molar-refractivity contribution is 0.379. The highest BCUT2D eigenvalue weighted by molar-refractivity contribution is 5.92. The summed E-state index contributed by atoms with van der Waals surface area (Å²) in [6.45, 7) is 0.0000978. The molecule has 0 aliphatic heterocycles. The highest BCUT2D eigenvalue weighted by atomic mass is 19.2.